The van der Waals surface area contributed by atoms with Crippen LogP contribution in [-0.2, 0) is 6.54 Å². The Kier molecular flexibility index (Phi) is 4.14. The second kappa shape index (κ2) is 6.68. The van der Waals surface area contributed by atoms with Crippen LogP contribution in [0, 0.1) is 5.92 Å². The maximum absolute atomic E-state index is 12.4. The van der Waals surface area contributed by atoms with E-state index in [4.69, 9.17) is 0 Å². The molecule has 0 aliphatic carbocycles. The summed E-state index contributed by atoms with van der Waals surface area (Å²) in [6.07, 6.45) is 2.69. The van der Waals surface area contributed by atoms with Gasteiger partial charge in [-0.1, -0.05) is 12.1 Å². The van der Waals surface area contributed by atoms with E-state index in [1.807, 2.05) is 24.3 Å². The minimum atomic E-state index is -0.196. The van der Waals surface area contributed by atoms with Crippen LogP contribution in [0.4, 0.5) is 0 Å². The van der Waals surface area contributed by atoms with Crippen molar-refractivity contribution in [2.75, 3.05) is 19.7 Å². The van der Waals surface area contributed by atoms with Gasteiger partial charge in [-0.25, -0.2) is 4.98 Å². The first-order valence-corrected chi connectivity index (χ1v) is 9.66. The van der Waals surface area contributed by atoms with Gasteiger partial charge in [0.05, 0.1) is 18.3 Å². The number of aromatic nitrogens is 3. The van der Waals surface area contributed by atoms with Gasteiger partial charge < -0.3 is 9.67 Å². The molecule has 1 fully saturated rings. The Bertz CT molecular complexity index is 1150. The van der Waals surface area contributed by atoms with Crippen molar-refractivity contribution in [3.8, 4) is 0 Å². The van der Waals surface area contributed by atoms with E-state index in [0.29, 0.717) is 12.2 Å². The molecule has 5 rings (SSSR count). The number of pyridine rings is 2. The van der Waals surface area contributed by atoms with Crippen LogP contribution in [-0.4, -0.2) is 43.7 Å². The third-order valence-corrected chi connectivity index (χ3v) is 6.07. The molecule has 7 nitrogen and oxygen atoms in total. The largest absolute Gasteiger partial charge is 0.394 e. The molecule has 7 heteroatoms. The van der Waals surface area contributed by atoms with Crippen LogP contribution in [0.2, 0.25) is 0 Å². The van der Waals surface area contributed by atoms with Crippen LogP contribution in [0.1, 0.15) is 29.8 Å². The van der Waals surface area contributed by atoms with E-state index in [-0.39, 0.29) is 35.6 Å². The van der Waals surface area contributed by atoms with E-state index < -0.39 is 0 Å². The molecule has 0 unspecified atom stereocenters. The number of fused-ring (bicyclic) bond motifs is 5. The van der Waals surface area contributed by atoms with Crippen molar-refractivity contribution in [2.24, 2.45) is 5.92 Å². The predicted molar refractivity (Wildman–Crippen MR) is 104 cm³/mol. The molecular weight excluding hydrogens is 356 g/mol. The zero-order valence-corrected chi connectivity index (χ0v) is 15.4. The minimum absolute atomic E-state index is 0.0380. The molecule has 3 aromatic rings. The summed E-state index contributed by atoms with van der Waals surface area (Å²) in [5.41, 5.74) is 2.28. The molecule has 2 aliphatic heterocycles. The van der Waals surface area contributed by atoms with E-state index in [1.165, 1.54) is 0 Å². The lowest BCUT2D eigenvalue weighted by Gasteiger charge is -2.46. The number of piperidine rings is 1. The molecule has 0 aromatic carbocycles. The number of likely N-dealkylation sites (tertiary alicyclic amines) is 1. The van der Waals surface area contributed by atoms with Gasteiger partial charge in [0, 0.05) is 49.6 Å². The molecule has 3 atom stereocenters. The van der Waals surface area contributed by atoms with Gasteiger partial charge >= 0.3 is 0 Å². The lowest BCUT2D eigenvalue weighted by atomic mass is 9.78. The molecule has 0 amide bonds. The molecule has 1 saturated heterocycles. The summed E-state index contributed by atoms with van der Waals surface area (Å²) in [6, 6.07) is 12.3. The van der Waals surface area contributed by atoms with Crippen LogP contribution < -0.4 is 11.1 Å². The van der Waals surface area contributed by atoms with E-state index in [1.54, 1.807) is 33.4 Å². The fourth-order valence-electron chi connectivity index (χ4n) is 4.91. The first-order valence-electron chi connectivity index (χ1n) is 9.66. The number of hydrogen-bond acceptors (Lipinski definition) is 5. The van der Waals surface area contributed by atoms with Crippen molar-refractivity contribution in [1.82, 2.24) is 18.9 Å². The molecule has 0 spiro atoms. The molecule has 2 aliphatic rings. The average molecular weight is 378 g/mol. The normalized spacial score (nSPS) is 24.2. The van der Waals surface area contributed by atoms with Crippen LogP contribution in [0.15, 0.2) is 58.3 Å². The fourth-order valence-corrected chi connectivity index (χ4v) is 4.91. The van der Waals surface area contributed by atoms with Crippen LogP contribution >= 0.6 is 0 Å². The lowest BCUT2D eigenvalue weighted by molar-refractivity contribution is 0.0575. The lowest BCUT2D eigenvalue weighted by Crippen LogP contribution is -2.50. The molecular formula is C21H22N4O3. The van der Waals surface area contributed by atoms with Crippen molar-refractivity contribution in [2.45, 2.75) is 24.9 Å². The van der Waals surface area contributed by atoms with Gasteiger partial charge in [0.1, 0.15) is 5.65 Å². The Morgan fingerprint density at radius 2 is 1.96 bits per heavy atom. The summed E-state index contributed by atoms with van der Waals surface area (Å²) in [6.45, 7) is 2.13. The molecule has 2 bridgehead atoms. The van der Waals surface area contributed by atoms with Gasteiger partial charge in [0.15, 0.2) is 0 Å². The van der Waals surface area contributed by atoms with Gasteiger partial charge in [-0.3, -0.25) is 18.9 Å². The van der Waals surface area contributed by atoms with E-state index in [9.17, 15) is 14.7 Å². The first-order chi connectivity index (χ1) is 13.6. The van der Waals surface area contributed by atoms with E-state index >= 15 is 0 Å². The number of hydrogen-bond donors (Lipinski definition) is 1. The SMILES string of the molecule is O=c1cccc2n1[C@@H](CO)[C@H]1C[C@@H]2CN(Cc2cc(=O)n3ccccc3n2)C1. The summed E-state index contributed by atoms with van der Waals surface area (Å²) in [4.78, 5) is 31.7. The second-order valence-corrected chi connectivity index (χ2v) is 7.81. The molecule has 28 heavy (non-hydrogen) atoms. The summed E-state index contributed by atoms with van der Waals surface area (Å²) >= 11 is 0. The highest BCUT2D eigenvalue weighted by atomic mass is 16.3. The van der Waals surface area contributed by atoms with E-state index in [0.717, 1.165) is 30.9 Å². The fraction of sp³-hybridized carbons (Fsp3) is 0.381. The van der Waals surface area contributed by atoms with E-state index in [2.05, 4.69) is 9.88 Å². The Labute approximate surface area is 161 Å². The summed E-state index contributed by atoms with van der Waals surface area (Å²) in [5, 5.41) is 9.97. The smallest absolute Gasteiger partial charge is 0.258 e. The third kappa shape index (κ3) is 2.78. The van der Waals surface area contributed by atoms with Crippen LogP contribution in [0.25, 0.3) is 5.65 Å². The maximum atomic E-state index is 12.4. The zero-order valence-electron chi connectivity index (χ0n) is 15.4. The number of aliphatic hydroxyl groups is 1. The van der Waals surface area contributed by atoms with Gasteiger partial charge in [0.2, 0.25) is 0 Å². The van der Waals surface area contributed by atoms with Crippen molar-refractivity contribution >= 4 is 5.65 Å². The Balaban J connectivity index is 1.47. The number of nitrogens with zero attached hydrogens (tertiary/aromatic N) is 4. The predicted octanol–water partition coefficient (Wildman–Crippen LogP) is 1.01. The van der Waals surface area contributed by atoms with Gasteiger partial charge in [0.25, 0.3) is 11.1 Å². The zero-order chi connectivity index (χ0) is 19.3. The molecule has 3 aromatic heterocycles. The molecule has 1 N–H and O–H groups in total. The summed E-state index contributed by atoms with van der Waals surface area (Å²) in [7, 11) is 0. The highest BCUT2D eigenvalue weighted by Crippen LogP contribution is 2.41. The Hall–Kier alpha value is -2.77. The molecule has 0 radical (unpaired) electrons. The highest BCUT2D eigenvalue weighted by molar-refractivity contribution is 5.38. The van der Waals surface area contributed by atoms with Crippen molar-refractivity contribution in [1.29, 1.82) is 0 Å². The van der Waals surface area contributed by atoms with Crippen molar-refractivity contribution < 1.29 is 5.11 Å². The molecule has 0 saturated carbocycles. The van der Waals surface area contributed by atoms with Gasteiger partial charge in [-0.2, -0.15) is 0 Å². The van der Waals surface area contributed by atoms with Crippen molar-refractivity contribution in [3.63, 3.8) is 0 Å². The molecule has 144 valence electrons. The third-order valence-electron chi connectivity index (χ3n) is 6.07. The number of aliphatic hydroxyl groups excluding tert-OH is 1. The van der Waals surface area contributed by atoms with Crippen molar-refractivity contribution in [3.05, 3.63) is 80.8 Å². The Morgan fingerprint density at radius 1 is 1.07 bits per heavy atom. The monoisotopic (exact) mass is 378 g/mol. The van der Waals surface area contributed by atoms with Gasteiger partial charge in [-0.15, -0.1) is 0 Å². The maximum Gasteiger partial charge on any atom is 0.258 e. The second-order valence-electron chi connectivity index (χ2n) is 7.81. The minimum Gasteiger partial charge on any atom is -0.394 e. The highest BCUT2D eigenvalue weighted by Gasteiger charge is 2.40. The van der Waals surface area contributed by atoms with Crippen LogP contribution in [0.5, 0.6) is 0 Å². The first kappa shape index (κ1) is 17.3. The average Bonchev–Trinajstić information content (AvgIpc) is 2.69. The van der Waals surface area contributed by atoms with Gasteiger partial charge in [-0.05, 0) is 30.5 Å². The summed E-state index contributed by atoms with van der Waals surface area (Å²) < 4.78 is 3.33. The topological polar surface area (TPSA) is 79.8 Å². The van der Waals surface area contributed by atoms with Crippen LogP contribution in [0.3, 0.4) is 0 Å². The Morgan fingerprint density at radius 3 is 2.82 bits per heavy atom. The standard InChI is InChI=1S/C21H22N4O3/c26-13-18-15-8-14(17-4-3-6-20(27)25(17)18)10-23(11-15)12-16-9-21(28)24-7-2-1-5-19(24)22-16/h1-7,9,14-15,18,26H,8,10-13H2/t14-,15+,18+/m1/s1. The summed E-state index contributed by atoms with van der Waals surface area (Å²) in [5.74, 6) is 0.454. The quantitative estimate of drug-likeness (QED) is 0.736. The molecule has 5 heterocycles. The number of rotatable bonds is 3.